The Morgan fingerprint density at radius 2 is 1.94 bits per heavy atom. The van der Waals surface area contributed by atoms with Gasteiger partial charge in [0.2, 0.25) is 0 Å². The third kappa shape index (κ3) is 2.06. The van der Waals surface area contributed by atoms with Crippen molar-refractivity contribution in [1.29, 1.82) is 0 Å². The van der Waals surface area contributed by atoms with Crippen molar-refractivity contribution in [3.05, 3.63) is 47.0 Å². The molecule has 1 aromatic carbocycles. The minimum atomic E-state index is -0.506. The summed E-state index contributed by atoms with van der Waals surface area (Å²) in [6, 6.07) is 4.80. The Labute approximate surface area is 95.9 Å². The number of hydrogen-bond donors (Lipinski definition) is 0. The lowest BCUT2D eigenvalue weighted by atomic mass is 10.1. The van der Waals surface area contributed by atoms with Crippen molar-refractivity contribution in [3.63, 3.8) is 0 Å². The van der Waals surface area contributed by atoms with Gasteiger partial charge in [0, 0.05) is 11.1 Å². The van der Waals surface area contributed by atoms with Gasteiger partial charge >= 0.3 is 0 Å². The number of aldehydes is 1. The molecule has 1 heterocycles. The van der Waals surface area contributed by atoms with Gasteiger partial charge in [0.15, 0.2) is 17.9 Å². The molecule has 0 fully saturated rings. The molecule has 2 rings (SSSR count). The van der Waals surface area contributed by atoms with Gasteiger partial charge in [0.05, 0.1) is 17.4 Å². The molecular formula is C11H6ClFN2O. The minimum absolute atomic E-state index is 0.348. The quantitative estimate of drug-likeness (QED) is 0.753. The van der Waals surface area contributed by atoms with Crippen molar-refractivity contribution in [1.82, 2.24) is 9.97 Å². The second-order valence-corrected chi connectivity index (χ2v) is 3.49. The van der Waals surface area contributed by atoms with Crippen LogP contribution in [0.15, 0.2) is 30.6 Å². The predicted octanol–water partition coefficient (Wildman–Crippen LogP) is 2.75. The molecule has 0 aliphatic rings. The summed E-state index contributed by atoms with van der Waals surface area (Å²) in [6.45, 7) is 0. The van der Waals surface area contributed by atoms with E-state index in [2.05, 4.69) is 9.97 Å². The number of benzene rings is 1. The fourth-order valence-corrected chi connectivity index (χ4v) is 1.40. The number of nitrogens with zero attached hydrogens (tertiary/aromatic N) is 2. The van der Waals surface area contributed by atoms with Crippen LogP contribution in [0, 0.1) is 5.82 Å². The summed E-state index contributed by atoms with van der Waals surface area (Å²) in [5.74, 6) is -0.158. The molecular weight excluding hydrogens is 231 g/mol. The molecule has 16 heavy (non-hydrogen) atoms. The maximum atomic E-state index is 12.6. The highest BCUT2D eigenvalue weighted by molar-refractivity contribution is 6.33. The number of carbonyl (C=O) groups is 1. The van der Waals surface area contributed by atoms with Crippen molar-refractivity contribution in [3.8, 4) is 11.4 Å². The first-order valence-electron chi connectivity index (χ1n) is 4.43. The van der Waals surface area contributed by atoms with Gasteiger partial charge in [-0.25, -0.2) is 14.4 Å². The zero-order chi connectivity index (χ0) is 11.5. The minimum Gasteiger partial charge on any atom is -0.298 e. The van der Waals surface area contributed by atoms with Crippen LogP contribution >= 0.6 is 11.6 Å². The highest BCUT2D eigenvalue weighted by atomic mass is 35.5. The standard InChI is InChI=1S/C11H6ClFN2O/c12-10-2-1-7(3-8(10)6-16)11-14-4-9(13)5-15-11/h1-6H. The molecule has 0 atom stereocenters. The average Bonchev–Trinajstić information content (AvgIpc) is 2.31. The van der Waals surface area contributed by atoms with Crippen molar-refractivity contribution in [2.75, 3.05) is 0 Å². The largest absolute Gasteiger partial charge is 0.298 e. The molecule has 0 radical (unpaired) electrons. The Bertz CT molecular complexity index is 528. The van der Waals surface area contributed by atoms with Gasteiger partial charge in [-0.05, 0) is 18.2 Å². The number of carbonyl (C=O) groups excluding carboxylic acids is 1. The van der Waals surface area contributed by atoms with E-state index in [1.165, 1.54) is 0 Å². The van der Waals surface area contributed by atoms with E-state index in [1.54, 1.807) is 18.2 Å². The van der Waals surface area contributed by atoms with E-state index in [4.69, 9.17) is 11.6 Å². The zero-order valence-electron chi connectivity index (χ0n) is 8.02. The smallest absolute Gasteiger partial charge is 0.159 e. The molecule has 3 nitrogen and oxygen atoms in total. The van der Waals surface area contributed by atoms with E-state index in [0.29, 0.717) is 28.3 Å². The number of rotatable bonds is 2. The van der Waals surface area contributed by atoms with E-state index in [0.717, 1.165) is 12.4 Å². The van der Waals surface area contributed by atoms with Gasteiger partial charge in [-0.1, -0.05) is 11.6 Å². The van der Waals surface area contributed by atoms with Crippen LogP contribution in [-0.2, 0) is 0 Å². The number of aromatic nitrogens is 2. The van der Waals surface area contributed by atoms with Crippen molar-refractivity contribution >= 4 is 17.9 Å². The van der Waals surface area contributed by atoms with Gasteiger partial charge in [-0.2, -0.15) is 0 Å². The second-order valence-electron chi connectivity index (χ2n) is 3.08. The summed E-state index contributed by atoms with van der Waals surface area (Å²) in [5, 5.41) is 0.362. The highest BCUT2D eigenvalue weighted by Gasteiger charge is 2.05. The van der Waals surface area contributed by atoms with Crippen LogP contribution in [-0.4, -0.2) is 16.3 Å². The van der Waals surface area contributed by atoms with Crippen LogP contribution in [0.3, 0.4) is 0 Å². The predicted molar refractivity (Wildman–Crippen MR) is 57.8 cm³/mol. The molecule has 80 valence electrons. The van der Waals surface area contributed by atoms with Crippen LogP contribution in [0.2, 0.25) is 5.02 Å². The van der Waals surface area contributed by atoms with E-state index in [-0.39, 0.29) is 0 Å². The van der Waals surface area contributed by atoms with Crippen LogP contribution < -0.4 is 0 Å². The third-order valence-corrected chi connectivity index (χ3v) is 2.35. The van der Waals surface area contributed by atoms with E-state index >= 15 is 0 Å². The second kappa shape index (κ2) is 4.37. The maximum Gasteiger partial charge on any atom is 0.159 e. The number of hydrogen-bond acceptors (Lipinski definition) is 3. The lowest BCUT2D eigenvalue weighted by molar-refractivity contribution is 0.112. The first-order chi connectivity index (χ1) is 7.70. The normalized spacial score (nSPS) is 10.1. The summed E-state index contributed by atoms with van der Waals surface area (Å²) < 4.78 is 12.6. The Morgan fingerprint density at radius 3 is 2.56 bits per heavy atom. The van der Waals surface area contributed by atoms with E-state index in [9.17, 15) is 9.18 Å². The van der Waals surface area contributed by atoms with Gasteiger partial charge in [0.25, 0.3) is 0 Å². The molecule has 0 saturated heterocycles. The Morgan fingerprint density at radius 1 is 1.25 bits per heavy atom. The zero-order valence-corrected chi connectivity index (χ0v) is 8.78. The topological polar surface area (TPSA) is 42.9 Å². The molecule has 0 unspecified atom stereocenters. The van der Waals surface area contributed by atoms with Gasteiger partial charge in [-0.3, -0.25) is 4.79 Å². The molecule has 2 aromatic rings. The Kier molecular flexibility index (Phi) is 2.92. The molecule has 5 heteroatoms. The summed E-state index contributed by atoms with van der Waals surface area (Å²) >= 11 is 5.78. The molecule has 0 amide bonds. The Balaban J connectivity index is 2.48. The summed E-state index contributed by atoms with van der Waals surface area (Å²) in [6.07, 6.45) is 2.78. The van der Waals surface area contributed by atoms with Crippen LogP contribution in [0.25, 0.3) is 11.4 Å². The van der Waals surface area contributed by atoms with Crippen LogP contribution in [0.1, 0.15) is 10.4 Å². The molecule has 0 spiro atoms. The lowest BCUT2D eigenvalue weighted by Gasteiger charge is -2.01. The molecule has 0 bridgehead atoms. The summed E-state index contributed by atoms with van der Waals surface area (Å²) in [7, 11) is 0. The number of halogens is 2. The lowest BCUT2D eigenvalue weighted by Crippen LogP contribution is -1.91. The molecule has 0 saturated carbocycles. The van der Waals surface area contributed by atoms with E-state index < -0.39 is 5.82 Å². The third-order valence-electron chi connectivity index (χ3n) is 2.00. The first kappa shape index (κ1) is 10.7. The SMILES string of the molecule is O=Cc1cc(-c2ncc(F)cn2)ccc1Cl. The van der Waals surface area contributed by atoms with Crippen molar-refractivity contribution in [2.24, 2.45) is 0 Å². The molecule has 1 aromatic heterocycles. The van der Waals surface area contributed by atoms with Crippen LogP contribution in [0.4, 0.5) is 4.39 Å². The van der Waals surface area contributed by atoms with Crippen LogP contribution in [0.5, 0.6) is 0 Å². The summed E-state index contributed by atoms with van der Waals surface area (Å²) in [4.78, 5) is 18.3. The highest BCUT2D eigenvalue weighted by Crippen LogP contribution is 2.21. The molecule has 0 aliphatic heterocycles. The summed E-state index contributed by atoms with van der Waals surface area (Å²) in [5.41, 5.74) is 0.971. The van der Waals surface area contributed by atoms with Crippen molar-refractivity contribution < 1.29 is 9.18 Å². The van der Waals surface area contributed by atoms with Gasteiger partial charge in [0.1, 0.15) is 0 Å². The molecule has 0 N–H and O–H groups in total. The average molecular weight is 237 g/mol. The van der Waals surface area contributed by atoms with Gasteiger partial charge < -0.3 is 0 Å². The maximum absolute atomic E-state index is 12.6. The fourth-order valence-electron chi connectivity index (χ4n) is 1.23. The molecule has 0 aliphatic carbocycles. The monoisotopic (exact) mass is 236 g/mol. The van der Waals surface area contributed by atoms with Gasteiger partial charge in [-0.15, -0.1) is 0 Å². The van der Waals surface area contributed by atoms with Crippen molar-refractivity contribution in [2.45, 2.75) is 0 Å². The van der Waals surface area contributed by atoms with E-state index in [1.807, 2.05) is 0 Å². The fraction of sp³-hybridized carbons (Fsp3) is 0. The first-order valence-corrected chi connectivity index (χ1v) is 4.81. The Hall–Kier alpha value is -1.81.